The molecule has 2 aromatic rings. The number of hydrogen-bond acceptors (Lipinski definition) is 2. The van der Waals surface area contributed by atoms with E-state index in [0.29, 0.717) is 28.5 Å². The summed E-state index contributed by atoms with van der Waals surface area (Å²) < 4.78 is 5.16. The van der Waals surface area contributed by atoms with Gasteiger partial charge in [0.15, 0.2) is 5.78 Å². The van der Waals surface area contributed by atoms with Crippen LogP contribution >= 0.6 is 23.2 Å². The molecule has 0 aliphatic heterocycles. The van der Waals surface area contributed by atoms with Crippen molar-refractivity contribution in [2.45, 2.75) is 12.8 Å². The first kappa shape index (κ1) is 12.2. The molecular weight excluding hydrogens is 259 g/mol. The molecule has 0 radical (unpaired) electrons. The van der Waals surface area contributed by atoms with Crippen molar-refractivity contribution in [3.63, 3.8) is 0 Å². The summed E-state index contributed by atoms with van der Waals surface area (Å²) in [5.41, 5.74) is 0.464. The Labute approximate surface area is 109 Å². The van der Waals surface area contributed by atoms with E-state index in [1.165, 1.54) is 0 Å². The molecular formula is C13H10Cl2O2. The van der Waals surface area contributed by atoms with Crippen LogP contribution in [0.5, 0.6) is 0 Å². The number of benzene rings is 1. The Morgan fingerprint density at radius 3 is 2.76 bits per heavy atom. The standard InChI is InChI=1S/C13H10Cl2O2/c14-9-3-5-12(15)11(8-9)13(16)6-4-10-2-1-7-17-10/h1-3,5,7-8H,4,6H2. The summed E-state index contributed by atoms with van der Waals surface area (Å²) in [7, 11) is 0. The van der Waals surface area contributed by atoms with Crippen molar-refractivity contribution in [1.82, 2.24) is 0 Å². The molecule has 1 aromatic carbocycles. The predicted molar refractivity (Wildman–Crippen MR) is 67.8 cm³/mol. The van der Waals surface area contributed by atoms with Crippen molar-refractivity contribution in [3.05, 3.63) is 58.0 Å². The van der Waals surface area contributed by atoms with E-state index in [1.54, 1.807) is 30.5 Å². The molecule has 1 aromatic heterocycles. The number of carbonyl (C=O) groups excluding carboxylic acids is 1. The number of hydrogen-bond donors (Lipinski definition) is 0. The molecule has 1 heterocycles. The fourth-order valence-corrected chi connectivity index (χ4v) is 1.93. The van der Waals surface area contributed by atoms with E-state index >= 15 is 0 Å². The second-order valence-electron chi connectivity index (χ2n) is 3.63. The van der Waals surface area contributed by atoms with Gasteiger partial charge in [0.1, 0.15) is 5.76 Å². The molecule has 0 unspecified atom stereocenters. The van der Waals surface area contributed by atoms with Gasteiger partial charge < -0.3 is 4.42 Å². The van der Waals surface area contributed by atoms with E-state index in [0.717, 1.165) is 5.76 Å². The van der Waals surface area contributed by atoms with Gasteiger partial charge in [0.25, 0.3) is 0 Å². The highest BCUT2D eigenvalue weighted by molar-refractivity contribution is 6.35. The fourth-order valence-electron chi connectivity index (χ4n) is 1.54. The lowest BCUT2D eigenvalue weighted by Gasteiger charge is -2.03. The van der Waals surface area contributed by atoms with Crippen LogP contribution in [-0.4, -0.2) is 5.78 Å². The summed E-state index contributed by atoms with van der Waals surface area (Å²) in [5.74, 6) is 0.755. The molecule has 4 heteroatoms. The first-order valence-corrected chi connectivity index (χ1v) is 5.93. The predicted octanol–water partition coefficient (Wildman–Crippen LogP) is 4.40. The average molecular weight is 269 g/mol. The molecule has 2 nitrogen and oxygen atoms in total. The van der Waals surface area contributed by atoms with Crippen LogP contribution in [0, 0.1) is 0 Å². The Balaban J connectivity index is 2.07. The lowest BCUT2D eigenvalue weighted by atomic mass is 10.1. The Hall–Kier alpha value is -1.25. The molecule has 0 fully saturated rings. The zero-order valence-corrected chi connectivity index (χ0v) is 10.5. The Morgan fingerprint density at radius 1 is 1.24 bits per heavy atom. The van der Waals surface area contributed by atoms with Crippen LogP contribution in [0.25, 0.3) is 0 Å². The van der Waals surface area contributed by atoms with E-state index in [-0.39, 0.29) is 5.78 Å². The first-order valence-electron chi connectivity index (χ1n) is 5.17. The second-order valence-corrected chi connectivity index (χ2v) is 4.47. The van der Waals surface area contributed by atoms with Gasteiger partial charge in [-0.25, -0.2) is 0 Å². The molecule has 0 atom stereocenters. The van der Waals surface area contributed by atoms with Gasteiger partial charge in [-0.05, 0) is 30.3 Å². The van der Waals surface area contributed by atoms with E-state index in [2.05, 4.69) is 0 Å². The van der Waals surface area contributed by atoms with Crippen LogP contribution in [0.1, 0.15) is 22.5 Å². The molecule has 2 rings (SSSR count). The lowest BCUT2D eigenvalue weighted by molar-refractivity contribution is 0.0981. The maximum Gasteiger partial charge on any atom is 0.164 e. The maximum atomic E-state index is 11.9. The SMILES string of the molecule is O=C(CCc1ccco1)c1cc(Cl)ccc1Cl. The van der Waals surface area contributed by atoms with Gasteiger partial charge in [-0.1, -0.05) is 23.2 Å². The molecule has 0 aliphatic carbocycles. The lowest BCUT2D eigenvalue weighted by Crippen LogP contribution is -2.01. The molecule has 0 spiro atoms. The molecule has 0 aliphatic rings. The van der Waals surface area contributed by atoms with E-state index in [4.69, 9.17) is 27.6 Å². The van der Waals surface area contributed by atoms with Crippen LogP contribution in [0.4, 0.5) is 0 Å². The summed E-state index contributed by atoms with van der Waals surface area (Å²) in [6.07, 6.45) is 2.51. The van der Waals surface area contributed by atoms with E-state index in [1.807, 2.05) is 6.07 Å². The highest BCUT2D eigenvalue weighted by Crippen LogP contribution is 2.22. The number of carbonyl (C=O) groups is 1. The van der Waals surface area contributed by atoms with Gasteiger partial charge in [0.05, 0.1) is 11.3 Å². The van der Waals surface area contributed by atoms with Crippen molar-refractivity contribution in [3.8, 4) is 0 Å². The van der Waals surface area contributed by atoms with Gasteiger partial charge in [0.2, 0.25) is 0 Å². The zero-order valence-electron chi connectivity index (χ0n) is 8.95. The minimum Gasteiger partial charge on any atom is -0.469 e. The Bertz CT molecular complexity index is 518. The summed E-state index contributed by atoms with van der Waals surface area (Å²) in [6.45, 7) is 0. The van der Waals surface area contributed by atoms with Crippen molar-refractivity contribution in [2.75, 3.05) is 0 Å². The largest absolute Gasteiger partial charge is 0.469 e. The third-order valence-electron chi connectivity index (χ3n) is 2.41. The van der Waals surface area contributed by atoms with Gasteiger partial charge in [0, 0.05) is 23.4 Å². The van der Waals surface area contributed by atoms with Gasteiger partial charge in [-0.3, -0.25) is 4.79 Å². The number of furan rings is 1. The van der Waals surface area contributed by atoms with Gasteiger partial charge in [-0.15, -0.1) is 0 Å². The molecule has 0 bridgehead atoms. The van der Waals surface area contributed by atoms with E-state index < -0.39 is 0 Å². The fraction of sp³-hybridized carbons (Fsp3) is 0.154. The Morgan fingerprint density at radius 2 is 2.06 bits per heavy atom. The average Bonchev–Trinajstić information content (AvgIpc) is 2.82. The molecule has 17 heavy (non-hydrogen) atoms. The number of aryl methyl sites for hydroxylation is 1. The third kappa shape index (κ3) is 3.11. The molecule has 0 saturated carbocycles. The first-order chi connectivity index (χ1) is 8.16. The Kier molecular flexibility index (Phi) is 3.87. The summed E-state index contributed by atoms with van der Waals surface area (Å²) >= 11 is 11.8. The second kappa shape index (κ2) is 5.39. The number of rotatable bonds is 4. The van der Waals surface area contributed by atoms with Crippen LogP contribution in [0.15, 0.2) is 41.0 Å². The van der Waals surface area contributed by atoms with Crippen LogP contribution in [0.2, 0.25) is 10.0 Å². The minimum absolute atomic E-state index is 0.0334. The number of Topliss-reactive ketones (excluding diaryl/α,β-unsaturated/α-hetero) is 1. The number of ketones is 1. The molecule has 0 saturated heterocycles. The molecule has 88 valence electrons. The highest BCUT2D eigenvalue weighted by Gasteiger charge is 2.11. The summed E-state index contributed by atoms with van der Waals surface area (Å²) in [5, 5.41) is 0.939. The maximum absolute atomic E-state index is 11.9. The minimum atomic E-state index is -0.0334. The van der Waals surface area contributed by atoms with Crippen LogP contribution in [-0.2, 0) is 6.42 Å². The molecule has 0 amide bonds. The van der Waals surface area contributed by atoms with Crippen molar-refractivity contribution in [2.24, 2.45) is 0 Å². The van der Waals surface area contributed by atoms with Gasteiger partial charge >= 0.3 is 0 Å². The summed E-state index contributed by atoms with van der Waals surface area (Å²) in [4.78, 5) is 11.9. The van der Waals surface area contributed by atoms with Crippen molar-refractivity contribution < 1.29 is 9.21 Å². The van der Waals surface area contributed by atoms with Crippen LogP contribution in [0.3, 0.4) is 0 Å². The molecule has 0 N–H and O–H groups in total. The van der Waals surface area contributed by atoms with Crippen molar-refractivity contribution >= 4 is 29.0 Å². The van der Waals surface area contributed by atoms with E-state index in [9.17, 15) is 4.79 Å². The van der Waals surface area contributed by atoms with Crippen molar-refractivity contribution in [1.29, 1.82) is 0 Å². The topological polar surface area (TPSA) is 30.2 Å². The monoisotopic (exact) mass is 268 g/mol. The van der Waals surface area contributed by atoms with Gasteiger partial charge in [-0.2, -0.15) is 0 Å². The number of halogens is 2. The normalized spacial score (nSPS) is 10.5. The highest BCUT2D eigenvalue weighted by atomic mass is 35.5. The quantitative estimate of drug-likeness (QED) is 0.770. The zero-order chi connectivity index (χ0) is 12.3. The third-order valence-corrected chi connectivity index (χ3v) is 2.97. The van der Waals surface area contributed by atoms with Crippen LogP contribution < -0.4 is 0 Å². The summed E-state index contributed by atoms with van der Waals surface area (Å²) in [6, 6.07) is 8.52. The smallest absolute Gasteiger partial charge is 0.164 e.